The molecule has 0 saturated carbocycles. The Morgan fingerprint density at radius 1 is 1.58 bits per heavy atom. The quantitative estimate of drug-likeness (QED) is 0.624. The number of nitrogens with zero attached hydrogens (tertiary/aromatic N) is 2. The Labute approximate surface area is 112 Å². The van der Waals surface area contributed by atoms with Crippen LogP contribution in [0.4, 0.5) is 11.4 Å². The number of likely N-dealkylation sites (tertiary alicyclic amines) is 1. The topological polar surface area (TPSA) is 78.6 Å². The van der Waals surface area contributed by atoms with E-state index in [0.717, 1.165) is 30.6 Å². The summed E-state index contributed by atoms with van der Waals surface area (Å²) in [5.74, 6) is 0. The Morgan fingerprint density at radius 2 is 2.37 bits per heavy atom. The van der Waals surface area contributed by atoms with Crippen LogP contribution in [0.15, 0.2) is 18.2 Å². The Kier molecular flexibility index (Phi) is 4.34. The van der Waals surface area contributed by atoms with Crippen molar-refractivity contribution in [3.63, 3.8) is 0 Å². The number of hydrogen-bond acceptors (Lipinski definition) is 5. The van der Waals surface area contributed by atoms with Crippen LogP contribution in [0.5, 0.6) is 0 Å². The highest BCUT2D eigenvalue weighted by atomic mass is 16.6. The van der Waals surface area contributed by atoms with Crippen LogP contribution in [-0.2, 0) is 6.54 Å². The van der Waals surface area contributed by atoms with E-state index in [4.69, 9.17) is 0 Å². The smallest absolute Gasteiger partial charge is 0.269 e. The van der Waals surface area contributed by atoms with Gasteiger partial charge in [-0.3, -0.25) is 15.0 Å². The van der Waals surface area contributed by atoms with Gasteiger partial charge in [-0.1, -0.05) is 0 Å². The summed E-state index contributed by atoms with van der Waals surface area (Å²) < 4.78 is 0. The highest BCUT2D eigenvalue weighted by Crippen LogP contribution is 2.26. The second-order valence-corrected chi connectivity index (χ2v) is 4.80. The van der Waals surface area contributed by atoms with Crippen LogP contribution in [-0.4, -0.2) is 41.2 Å². The normalized spacial score (nSPS) is 19.6. The van der Waals surface area contributed by atoms with Crippen molar-refractivity contribution < 1.29 is 10.0 Å². The lowest BCUT2D eigenvalue weighted by molar-refractivity contribution is -0.384. The third-order valence-corrected chi connectivity index (χ3v) is 3.65. The van der Waals surface area contributed by atoms with Crippen molar-refractivity contribution in [1.82, 2.24) is 4.90 Å². The predicted octanol–water partition coefficient (Wildman–Crippen LogP) is 1.59. The van der Waals surface area contributed by atoms with Crippen LogP contribution in [0.1, 0.15) is 18.4 Å². The molecular formula is C13H19N3O3. The lowest BCUT2D eigenvalue weighted by atomic mass is 10.1. The van der Waals surface area contributed by atoms with E-state index in [1.54, 1.807) is 19.2 Å². The second-order valence-electron chi connectivity index (χ2n) is 4.80. The molecule has 6 heteroatoms. The molecule has 2 N–H and O–H groups in total. The number of non-ortho nitro benzene ring substituents is 1. The van der Waals surface area contributed by atoms with Gasteiger partial charge >= 0.3 is 0 Å². The van der Waals surface area contributed by atoms with E-state index in [2.05, 4.69) is 10.2 Å². The highest BCUT2D eigenvalue weighted by Gasteiger charge is 2.24. The molecule has 0 radical (unpaired) electrons. The average Bonchev–Trinajstić information content (AvgIpc) is 2.85. The number of nitrogens with one attached hydrogen (secondary N) is 1. The first kappa shape index (κ1) is 13.8. The first-order valence-electron chi connectivity index (χ1n) is 6.45. The maximum absolute atomic E-state index is 10.8. The molecule has 1 aliphatic rings. The summed E-state index contributed by atoms with van der Waals surface area (Å²) in [6.07, 6.45) is 2.05. The minimum atomic E-state index is -0.379. The molecule has 2 rings (SSSR count). The third-order valence-electron chi connectivity index (χ3n) is 3.65. The number of rotatable bonds is 5. The largest absolute Gasteiger partial charge is 0.395 e. The summed E-state index contributed by atoms with van der Waals surface area (Å²) in [6, 6.07) is 5.02. The van der Waals surface area contributed by atoms with E-state index >= 15 is 0 Å². The SMILES string of the molecule is CNc1ccc([N+](=O)[O-])cc1CN1CCCC1CO. The molecule has 1 unspecified atom stereocenters. The van der Waals surface area contributed by atoms with Gasteiger partial charge in [0.05, 0.1) is 11.5 Å². The van der Waals surface area contributed by atoms with E-state index in [1.165, 1.54) is 6.07 Å². The predicted molar refractivity (Wildman–Crippen MR) is 73.2 cm³/mol. The molecule has 0 spiro atoms. The number of hydrogen-bond donors (Lipinski definition) is 2. The summed E-state index contributed by atoms with van der Waals surface area (Å²) in [5, 5.41) is 23.2. The van der Waals surface area contributed by atoms with Gasteiger partial charge in [-0.25, -0.2) is 0 Å². The molecule has 0 bridgehead atoms. The summed E-state index contributed by atoms with van der Waals surface area (Å²) in [4.78, 5) is 12.6. The molecule has 1 aromatic carbocycles. The van der Waals surface area contributed by atoms with Gasteiger partial charge in [-0.05, 0) is 31.0 Å². The van der Waals surface area contributed by atoms with Gasteiger partial charge in [0.15, 0.2) is 0 Å². The molecule has 0 aliphatic carbocycles. The molecule has 1 fully saturated rings. The highest BCUT2D eigenvalue weighted by molar-refractivity contribution is 5.55. The minimum Gasteiger partial charge on any atom is -0.395 e. The van der Waals surface area contributed by atoms with Gasteiger partial charge in [0.1, 0.15) is 0 Å². The Hall–Kier alpha value is -1.66. The van der Waals surface area contributed by atoms with Crippen LogP contribution < -0.4 is 5.32 Å². The zero-order chi connectivity index (χ0) is 13.8. The third kappa shape index (κ3) is 3.02. The van der Waals surface area contributed by atoms with Crippen LogP contribution >= 0.6 is 0 Å². The van der Waals surface area contributed by atoms with Crippen LogP contribution in [0.2, 0.25) is 0 Å². The molecule has 1 atom stereocenters. The fraction of sp³-hybridized carbons (Fsp3) is 0.538. The summed E-state index contributed by atoms with van der Waals surface area (Å²) in [6.45, 7) is 1.70. The zero-order valence-corrected chi connectivity index (χ0v) is 11.0. The van der Waals surface area contributed by atoms with Crippen molar-refractivity contribution in [2.75, 3.05) is 25.5 Å². The van der Waals surface area contributed by atoms with Gasteiger partial charge in [0, 0.05) is 37.5 Å². The van der Waals surface area contributed by atoms with Crippen LogP contribution in [0.25, 0.3) is 0 Å². The maximum atomic E-state index is 10.8. The van der Waals surface area contributed by atoms with Gasteiger partial charge in [-0.15, -0.1) is 0 Å². The van der Waals surface area contributed by atoms with Gasteiger partial charge < -0.3 is 10.4 Å². The van der Waals surface area contributed by atoms with E-state index in [1.807, 2.05) is 0 Å². The van der Waals surface area contributed by atoms with Crippen molar-refractivity contribution in [3.8, 4) is 0 Å². The molecule has 1 heterocycles. The van der Waals surface area contributed by atoms with E-state index < -0.39 is 0 Å². The first-order chi connectivity index (χ1) is 9.15. The van der Waals surface area contributed by atoms with Gasteiger partial charge in [-0.2, -0.15) is 0 Å². The summed E-state index contributed by atoms with van der Waals surface area (Å²) >= 11 is 0. The lowest BCUT2D eigenvalue weighted by Crippen LogP contribution is -2.31. The number of aliphatic hydroxyl groups is 1. The Balaban J connectivity index is 2.22. The zero-order valence-electron chi connectivity index (χ0n) is 11.0. The number of anilines is 1. The standard InChI is InChI=1S/C13H19N3O3/c1-14-13-5-4-11(16(18)19)7-10(13)8-15-6-2-3-12(15)9-17/h4-5,7,12,14,17H,2-3,6,8-9H2,1H3. The number of benzene rings is 1. The van der Waals surface area contributed by atoms with Crippen molar-refractivity contribution in [2.45, 2.75) is 25.4 Å². The molecule has 19 heavy (non-hydrogen) atoms. The van der Waals surface area contributed by atoms with Crippen molar-refractivity contribution >= 4 is 11.4 Å². The Bertz CT molecular complexity index is 464. The molecule has 104 valence electrons. The molecule has 1 aliphatic heterocycles. The molecular weight excluding hydrogens is 246 g/mol. The second kappa shape index (κ2) is 5.99. The summed E-state index contributed by atoms with van der Waals surface area (Å²) in [7, 11) is 1.80. The lowest BCUT2D eigenvalue weighted by Gasteiger charge is -2.23. The van der Waals surface area contributed by atoms with E-state index in [9.17, 15) is 15.2 Å². The molecule has 1 aromatic rings. The molecule has 0 amide bonds. The first-order valence-corrected chi connectivity index (χ1v) is 6.45. The van der Waals surface area contributed by atoms with Gasteiger partial charge in [0.2, 0.25) is 0 Å². The van der Waals surface area contributed by atoms with E-state index in [0.29, 0.717) is 6.54 Å². The fourth-order valence-electron chi connectivity index (χ4n) is 2.60. The maximum Gasteiger partial charge on any atom is 0.269 e. The van der Waals surface area contributed by atoms with Crippen LogP contribution in [0, 0.1) is 10.1 Å². The van der Waals surface area contributed by atoms with Gasteiger partial charge in [0.25, 0.3) is 5.69 Å². The monoisotopic (exact) mass is 265 g/mol. The molecule has 1 saturated heterocycles. The summed E-state index contributed by atoms with van der Waals surface area (Å²) in [5.41, 5.74) is 1.90. The molecule has 0 aromatic heterocycles. The number of nitro benzene ring substituents is 1. The number of nitro groups is 1. The molecule has 6 nitrogen and oxygen atoms in total. The number of aliphatic hydroxyl groups excluding tert-OH is 1. The minimum absolute atomic E-state index is 0.105. The average molecular weight is 265 g/mol. The fourth-order valence-corrected chi connectivity index (χ4v) is 2.60. The Morgan fingerprint density at radius 3 is 3.00 bits per heavy atom. The van der Waals surface area contributed by atoms with Crippen molar-refractivity contribution in [3.05, 3.63) is 33.9 Å². The van der Waals surface area contributed by atoms with E-state index in [-0.39, 0.29) is 23.3 Å². The van der Waals surface area contributed by atoms with Crippen LogP contribution in [0.3, 0.4) is 0 Å². The van der Waals surface area contributed by atoms with Crippen molar-refractivity contribution in [1.29, 1.82) is 0 Å². The van der Waals surface area contributed by atoms with Crippen molar-refractivity contribution in [2.24, 2.45) is 0 Å².